The third kappa shape index (κ3) is 5.04. The van der Waals surface area contributed by atoms with Crippen LogP contribution in [0.3, 0.4) is 0 Å². The van der Waals surface area contributed by atoms with Gasteiger partial charge in [-0.15, -0.1) is 0 Å². The van der Waals surface area contributed by atoms with Gasteiger partial charge in [0.15, 0.2) is 5.58 Å². The van der Waals surface area contributed by atoms with E-state index >= 15 is 0 Å². The molecule has 270 valence electrons. The Hall–Kier alpha value is -7.41. The summed E-state index contributed by atoms with van der Waals surface area (Å²) in [5, 5.41) is 14.3. The third-order valence-corrected chi connectivity index (χ3v) is 11.5. The van der Waals surface area contributed by atoms with Crippen LogP contribution in [0, 0.1) is 0 Å². The van der Waals surface area contributed by atoms with E-state index in [1.54, 1.807) is 0 Å². The van der Waals surface area contributed by atoms with Gasteiger partial charge in [-0.1, -0.05) is 133 Å². The second-order valence-electron chi connectivity index (χ2n) is 14.8. The quantitative estimate of drug-likeness (QED) is 0.185. The molecule has 8 aromatic carbocycles. The molecular weight excluding hydrogens is 701 g/mol. The van der Waals surface area contributed by atoms with Crippen LogP contribution in [0.25, 0.3) is 82.5 Å². The summed E-state index contributed by atoms with van der Waals surface area (Å²) >= 11 is 0. The first-order valence-electron chi connectivity index (χ1n) is 19.4. The van der Waals surface area contributed by atoms with Gasteiger partial charge in [-0.25, -0.2) is 4.99 Å². The maximum atomic E-state index is 6.83. The fourth-order valence-corrected chi connectivity index (χ4v) is 8.86. The molecule has 6 nitrogen and oxygen atoms in total. The number of aromatic nitrogens is 1. The van der Waals surface area contributed by atoms with E-state index in [0.29, 0.717) is 0 Å². The molecule has 1 aliphatic rings. The summed E-state index contributed by atoms with van der Waals surface area (Å²) in [4.78, 5) is 5.13. The van der Waals surface area contributed by atoms with Crippen molar-refractivity contribution in [3.05, 3.63) is 199 Å². The third-order valence-electron chi connectivity index (χ3n) is 11.5. The van der Waals surface area contributed by atoms with Gasteiger partial charge in [-0.05, 0) is 65.2 Å². The van der Waals surface area contributed by atoms with Crippen LogP contribution in [0.15, 0.2) is 196 Å². The first-order valence-corrected chi connectivity index (χ1v) is 19.4. The summed E-state index contributed by atoms with van der Waals surface area (Å²) in [6.07, 6.45) is -0.464. The number of furan rings is 2. The zero-order valence-electron chi connectivity index (χ0n) is 30.7. The van der Waals surface area contributed by atoms with Crippen molar-refractivity contribution in [1.82, 2.24) is 15.2 Å². The van der Waals surface area contributed by atoms with Gasteiger partial charge in [0.05, 0.1) is 16.7 Å². The molecule has 12 rings (SSSR count). The summed E-state index contributed by atoms with van der Waals surface area (Å²) in [7, 11) is 0. The van der Waals surface area contributed by atoms with Gasteiger partial charge in [0, 0.05) is 43.4 Å². The highest BCUT2D eigenvalue weighted by atomic mass is 16.3. The number of rotatable bonds is 5. The van der Waals surface area contributed by atoms with Gasteiger partial charge in [-0.3, -0.25) is 5.32 Å². The molecule has 4 heterocycles. The molecular formula is C51H34N4O2. The number of amidine groups is 1. The van der Waals surface area contributed by atoms with Gasteiger partial charge >= 0.3 is 0 Å². The highest BCUT2D eigenvalue weighted by Gasteiger charge is 2.28. The second-order valence-corrected chi connectivity index (χ2v) is 14.8. The lowest BCUT2D eigenvalue weighted by molar-refractivity contribution is 0.411. The Morgan fingerprint density at radius 1 is 0.474 bits per heavy atom. The number of hydrogen-bond donors (Lipinski definition) is 2. The molecule has 0 spiro atoms. The van der Waals surface area contributed by atoms with Crippen molar-refractivity contribution in [3.8, 4) is 16.8 Å². The molecule has 3 aromatic heterocycles. The first kappa shape index (κ1) is 31.9. The lowest BCUT2D eigenvalue weighted by Gasteiger charge is -2.32. The molecule has 0 aliphatic carbocycles. The van der Waals surface area contributed by atoms with Gasteiger partial charge in [0.25, 0.3) is 0 Å². The normalized spacial score (nSPS) is 15.9. The Balaban J connectivity index is 0.975. The molecule has 0 saturated heterocycles. The molecule has 0 bridgehead atoms. The van der Waals surface area contributed by atoms with Crippen LogP contribution in [0.5, 0.6) is 0 Å². The fourth-order valence-electron chi connectivity index (χ4n) is 8.86. The second kappa shape index (κ2) is 12.6. The Labute approximate surface area is 327 Å². The number of fused-ring (bicyclic) bond motifs is 9. The summed E-state index contributed by atoms with van der Waals surface area (Å²) in [5.41, 5.74) is 12.2. The topological polar surface area (TPSA) is 67.6 Å². The Bertz CT molecular complexity index is 3320. The van der Waals surface area contributed by atoms with Crippen LogP contribution >= 0.6 is 0 Å². The number of benzene rings is 8. The molecule has 57 heavy (non-hydrogen) atoms. The molecule has 2 N–H and O–H groups in total. The van der Waals surface area contributed by atoms with E-state index in [4.69, 9.17) is 13.8 Å². The van der Waals surface area contributed by atoms with Crippen LogP contribution in [0.1, 0.15) is 29.0 Å². The van der Waals surface area contributed by atoms with E-state index in [2.05, 4.69) is 173 Å². The highest BCUT2D eigenvalue weighted by molar-refractivity contribution is 6.13. The van der Waals surface area contributed by atoms with Crippen LogP contribution in [0.4, 0.5) is 0 Å². The Kier molecular flexibility index (Phi) is 7.03. The molecule has 2 atom stereocenters. The zero-order chi connectivity index (χ0) is 37.5. The maximum Gasteiger partial charge on any atom is 0.159 e. The van der Waals surface area contributed by atoms with Gasteiger partial charge in [0.2, 0.25) is 0 Å². The van der Waals surface area contributed by atoms with Crippen molar-refractivity contribution in [2.75, 3.05) is 0 Å². The van der Waals surface area contributed by atoms with E-state index in [1.165, 1.54) is 10.8 Å². The van der Waals surface area contributed by atoms with E-state index in [-0.39, 0.29) is 12.3 Å². The lowest BCUT2D eigenvalue weighted by atomic mass is 9.98. The van der Waals surface area contributed by atoms with E-state index in [1.807, 2.05) is 24.3 Å². The van der Waals surface area contributed by atoms with Crippen LogP contribution in [-0.2, 0) is 0 Å². The maximum absolute atomic E-state index is 6.83. The summed E-state index contributed by atoms with van der Waals surface area (Å²) in [6, 6.07) is 63.7. The fraction of sp³-hybridized carbons (Fsp3) is 0.0392. The van der Waals surface area contributed by atoms with Crippen molar-refractivity contribution >= 4 is 71.5 Å². The average Bonchev–Trinajstić information content (AvgIpc) is 3.96. The molecule has 2 unspecified atom stereocenters. The van der Waals surface area contributed by atoms with E-state index in [9.17, 15) is 0 Å². The Morgan fingerprint density at radius 2 is 1.16 bits per heavy atom. The van der Waals surface area contributed by atoms with E-state index in [0.717, 1.165) is 94.3 Å². The lowest BCUT2D eigenvalue weighted by Crippen LogP contribution is -2.45. The minimum Gasteiger partial charge on any atom is -0.456 e. The SMILES string of the molecule is c1ccc(C2=NC(c3ccccc3)NC(c3cccc4oc5ccc(-c6ccc7c(c6)oc6c(-n8c9ccccc9c9ccccc98)cccc67)cc5c34)N2)cc1. The zero-order valence-corrected chi connectivity index (χ0v) is 30.7. The Morgan fingerprint density at radius 3 is 1.96 bits per heavy atom. The molecule has 0 fully saturated rings. The number of aliphatic imine (C=N–C) groups is 1. The van der Waals surface area contributed by atoms with E-state index < -0.39 is 0 Å². The average molecular weight is 735 g/mol. The molecule has 11 aromatic rings. The number of nitrogens with zero attached hydrogens (tertiary/aromatic N) is 2. The van der Waals surface area contributed by atoms with Crippen molar-refractivity contribution < 1.29 is 8.83 Å². The van der Waals surface area contributed by atoms with Crippen LogP contribution < -0.4 is 10.6 Å². The highest BCUT2D eigenvalue weighted by Crippen LogP contribution is 2.41. The first-order chi connectivity index (χ1) is 28.2. The van der Waals surface area contributed by atoms with Gasteiger partial charge in [0.1, 0.15) is 34.9 Å². The molecule has 0 radical (unpaired) electrons. The number of para-hydroxylation sites is 3. The summed E-state index contributed by atoms with van der Waals surface area (Å²) < 4.78 is 15.7. The molecule has 1 aliphatic heterocycles. The molecule has 0 amide bonds. The van der Waals surface area contributed by atoms with Crippen molar-refractivity contribution in [3.63, 3.8) is 0 Å². The predicted molar refractivity (Wildman–Crippen MR) is 232 cm³/mol. The number of nitrogens with one attached hydrogen (secondary N) is 2. The standard InChI is InChI=1S/C51H34N4O2/c1-3-13-31(14-4-1)49-52-50(32-15-5-2-6-16-32)54-51(53-49)39-20-12-24-45-47(39)40-29-33(26-28-44(40)56-45)34-25-27-37-38-19-11-23-43(48(38)57-46(37)30-34)55-41-21-9-7-17-35(41)36-18-8-10-22-42(36)55/h1-30,49,51,53H,(H,52,54). The van der Waals surface area contributed by atoms with Crippen molar-refractivity contribution in [1.29, 1.82) is 0 Å². The van der Waals surface area contributed by atoms with Crippen LogP contribution in [-0.4, -0.2) is 10.4 Å². The van der Waals surface area contributed by atoms with Gasteiger partial charge < -0.3 is 18.7 Å². The number of hydrogen-bond acceptors (Lipinski definition) is 5. The minimum absolute atomic E-state index is 0.230. The van der Waals surface area contributed by atoms with Crippen molar-refractivity contribution in [2.24, 2.45) is 4.99 Å². The smallest absolute Gasteiger partial charge is 0.159 e. The largest absolute Gasteiger partial charge is 0.456 e. The summed E-state index contributed by atoms with van der Waals surface area (Å²) in [5.74, 6) is 0.846. The monoisotopic (exact) mass is 734 g/mol. The summed E-state index contributed by atoms with van der Waals surface area (Å²) in [6.45, 7) is 0. The van der Waals surface area contributed by atoms with Gasteiger partial charge in [-0.2, -0.15) is 0 Å². The van der Waals surface area contributed by atoms with Crippen molar-refractivity contribution in [2.45, 2.75) is 12.3 Å². The van der Waals surface area contributed by atoms with Crippen LogP contribution in [0.2, 0.25) is 0 Å². The minimum atomic E-state index is -0.234. The molecule has 0 saturated carbocycles. The predicted octanol–water partition coefficient (Wildman–Crippen LogP) is 12.6. The molecule has 6 heteroatoms.